The highest BCUT2D eigenvalue weighted by Gasteiger charge is 2.23. The van der Waals surface area contributed by atoms with Crippen molar-refractivity contribution < 1.29 is 4.79 Å². The van der Waals surface area contributed by atoms with Crippen LogP contribution in [0.25, 0.3) is 17.2 Å². The minimum absolute atomic E-state index is 0.173. The molecule has 0 aromatic carbocycles. The molecular formula is C17H21N7OS. The predicted octanol–water partition coefficient (Wildman–Crippen LogP) is 2.02. The number of carbonyl (C=O) groups is 1. The molecule has 1 atom stereocenters. The molecule has 0 spiro atoms. The zero-order valence-corrected chi connectivity index (χ0v) is 15.7. The van der Waals surface area contributed by atoms with Gasteiger partial charge in [-0.05, 0) is 44.4 Å². The molecule has 0 N–H and O–H groups in total. The molecule has 1 fully saturated rings. The van der Waals surface area contributed by atoms with Crippen molar-refractivity contribution in [1.29, 1.82) is 0 Å². The summed E-state index contributed by atoms with van der Waals surface area (Å²) in [6.45, 7) is 3.68. The standard InChI is InChI=1S/C17H21N7OS/c1-12(17(25)23-9-4-3-5-10-23)26-15-7-6-14-18-19-16(24(14)21-15)13-8-11-22(2)20-13/h6-8,11-12H,3-5,9-10H2,1-2H3. The van der Waals surface area contributed by atoms with Crippen LogP contribution in [0.1, 0.15) is 26.2 Å². The number of rotatable bonds is 4. The third kappa shape index (κ3) is 3.31. The smallest absolute Gasteiger partial charge is 0.235 e. The molecule has 1 aliphatic heterocycles. The molecule has 26 heavy (non-hydrogen) atoms. The van der Waals surface area contributed by atoms with Crippen molar-refractivity contribution in [2.75, 3.05) is 13.1 Å². The van der Waals surface area contributed by atoms with Crippen molar-refractivity contribution in [2.45, 2.75) is 36.5 Å². The number of aryl methyl sites for hydroxylation is 1. The largest absolute Gasteiger partial charge is 0.342 e. The zero-order valence-electron chi connectivity index (χ0n) is 14.9. The lowest BCUT2D eigenvalue weighted by atomic mass is 10.1. The van der Waals surface area contributed by atoms with Crippen LogP contribution in [0.3, 0.4) is 0 Å². The lowest BCUT2D eigenvalue weighted by Crippen LogP contribution is -2.40. The molecule has 3 aromatic rings. The van der Waals surface area contributed by atoms with Gasteiger partial charge in [0.2, 0.25) is 11.7 Å². The Bertz CT molecular complexity index is 928. The Kier molecular flexibility index (Phi) is 4.62. The molecule has 0 saturated carbocycles. The number of fused-ring (bicyclic) bond motifs is 1. The molecule has 1 saturated heterocycles. The van der Waals surface area contributed by atoms with Gasteiger partial charge in [0.15, 0.2) is 5.65 Å². The highest BCUT2D eigenvalue weighted by molar-refractivity contribution is 8.00. The number of carbonyl (C=O) groups excluding carboxylic acids is 1. The molecule has 0 bridgehead atoms. The molecule has 9 heteroatoms. The number of aromatic nitrogens is 6. The maximum Gasteiger partial charge on any atom is 0.235 e. The van der Waals surface area contributed by atoms with Crippen LogP contribution in [-0.2, 0) is 11.8 Å². The number of thioether (sulfide) groups is 1. The van der Waals surface area contributed by atoms with Crippen molar-refractivity contribution in [3.63, 3.8) is 0 Å². The Morgan fingerprint density at radius 1 is 1.12 bits per heavy atom. The molecule has 0 radical (unpaired) electrons. The van der Waals surface area contributed by atoms with E-state index in [4.69, 9.17) is 0 Å². The maximum absolute atomic E-state index is 12.6. The summed E-state index contributed by atoms with van der Waals surface area (Å²) in [4.78, 5) is 14.6. The summed E-state index contributed by atoms with van der Waals surface area (Å²) in [5.74, 6) is 0.781. The van der Waals surface area contributed by atoms with Gasteiger partial charge in [-0.1, -0.05) is 11.8 Å². The second-order valence-electron chi connectivity index (χ2n) is 6.49. The van der Waals surface area contributed by atoms with Gasteiger partial charge in [-0.15, -0.1) is 10.2 Å². The summed E-state index contributed by atoms with van der Waals surface area (Å²) < 4.78 is 3.40. The number of piperidine rings is 1. The van der Waals surface area contributed by atoms with Gasteiger partial charge in [-0.2, -0.15) is 14.7 Å². The average molecular weight is 371 g/mol. The van der Waals surface area contributed by atoms with Crippen LogP contribution in [0.15, 0.2) is 29.4 Å². The van der Waals surface area contributed by atoms with Gasteiger partial charge < -0.3 is 4.90 Å². The molecule has 3 aromatic heterocycles. The van der Waals surface area contributed by atoms with Crippen molar-refractivity contribution in [1.82, 2.24) is 34.5 Å². The SMILES string of the molecule is CC(Sc1ccc2nnc(-c3ccn(C)n3)n2n1)C(=O)N1CCCCC1. The lowest BCUT2D eigenvalue weighted by molar-refractivity contribution is -0.131. The van der Waals surface area contributed by atoms with Crippen LogP contribution in [0.2, 0.25) is 0 Å². The van der Waals surface area contributed by atoms with Gasteiger partial charge in [0.1, 0.15) is 10.7 Å². The first-order valence-corrected chi connectivity index (χ1v) is 9.68. The number of nitrogens with zero attached hydrogens (tertiary/aromatic N) is 7. The summed E-state index contributed by atoms with van der Waals surface area (Å²) >= 11 is 1.47. The normalized spacial score (nSPS) is 16.2. The van der Waals surface area contributed by atoms with Crippen molar-refractivity contribution in [3.05, 3.63) is 24.4 Å². The first kappa shape index (κ1) is 17.0. The Balaban J connectivity index is 1.56. The fourth-order valence-electron chi connectivity index (χ4n) is 3.13. The molecule has 1 unspecified atom stereocenters. The molecule has 8 nitrogen and oxygen atoms in total. The van der Waals surface area contributed by atoms with Gasteiger partial charge >= 0.3 is 0 Å². The minimum atomic E-state index is -0.173. The highest BCUT2D eigenvalue weighted by atomic mass is 32.2. The summed E-state index contributed by atoms with van der Waals surface area (Å²) in [5, 5.41) is 17.9. The van der Waals surface area contributed by atoms with Crippen LogP contribution in [0, 0.1) is 0 Å². The van der Waals surface area contributed by atoms with Gasteiger partial charge in [0, 0.05) is 26.3 Å². The van der Waals surface area contributed by atoms with E-state index in [2.05, 4.69) is 20.4 Å². The average Bonchev–Trinajstić information content (AvgIpc) is 3.27. The van der Waals surface area contributed by atoms with E-state index in [1.54, 1.807) is 9.20 Å². The summed E-state index contributed by atoms with van der Waals surface area (Å²) in [7, 11) is 1.86. The van der Waals surface area contributed by atoms with E-state index in [9.17, 15) is 4.79 Å². The summed E-state index contributed by atoms with van der Waals surface area (Å²) in [6.07, 6.45) is 5.27. The van der Waals surface area contributed by atoms with Crippen molar-refractivity contribution >= 4 is 23.3 Å². The molecule has 4 rings (SSSR count). The van der Waals surface area contributed by atoms with Crippen LogP contribution >= 0.6 is 11.8 Å². The molecular weight excluding hydrogens is 350 g/mol. The Morgan fingerprint density at radius 2 is 1.92 bits per heavy atom. The third-order valence-electron chi connectivity index (χ3n) is 4.49. The number of likely N-dealkylation sites (tertiary alicyclic amines) is 1. The second kappa shape index (κ2) is 7.06. The Labute approximate surface area is 155 Å². The molecule has 1 aliphatic rings. The van der Waals surface area contributed by atoms with Crippen molar-refractivity contribution in [2.24, 2.45) is 7.05 Å². The Hall–Kier alpha value is -2.42. The fraction of sp³-hybridized carbons (Fsp3) is 0.471. The Morgan fingerprint density at radius 3 is 2.65 bits per heavy atom. The van der Waals surface area contributed by atoms with E-state index < -0.39 is 0 Å². The minimum Gasteiger partial charge on any atom is -0.342 e. The van der Waals surface area contributed by atoms with E-state index in [1.807, 2.05) is 43.3 Å². The van der Waals surface area contributed by atoms with Crippen LogP contribution < -0.4 is 0 Å². The predicted molar refractivity (Wildman–Crippen MR) is 98.7 cm³/mol. The quantitative estimate of drug-likeness (QED) is 0.653. The third-order valence-corrected chi connectivity index (χ3v) is 5.51. The molecule has 136 valence electrons. The molecule has 1 amide bonds. The lowest BCUT2D eigenvalue weighted by Gasteiger charge is -2.28. The van der Waals surface area contributed by atoms with E-state index in [-0.39, 0.29) is 11.2 Å². The summed E-state index contributed by atoms with van der Waals surface area (Å²) in [6, 6.07) is 5.63. The first-order chi connectivity index (χ1) is 12.6. The fourth-order valence-corrected chi connectivity index (χ4v) is 4.02. The zero-order chi connectivity index (χ0) is 18.1. The van der Waals surface area contributed by atoms with E-state index >= 15 is 0 Å². The maximum atomic E-state index is 12.6. The number of hydrogen-bond acceptors (Lipinski definition) is 6. The summed E-state index contributed by atoms with van der Waals surface area (Å²) in [5.41, 5.74) is 1.37. The monoisotopic (exact) mass is 371 g/mol. The van der Waals surface area contributed by atoms with Crippen molar-refractivity contribution in [3.8, 4) is 11.5 Å². The van der Waals surface area contributed by atoms with Crippen LogP contribution in [0.4, 0.5) is 0 Å². The van der Waals surface area contributed by atoms with Crippen LogP contribution in [0.5, 0.6) is 0 Å². The highest BCUT2D eigenvalue weighted by Crippen LogP contribution is 2.25. The van der Waals surface area contributed by atoms with E-state index in [1.165, 1.54) is 18.2 Å². The molecule has 4 heterocycles. The van der Waals surface area contributed by atoms with Crippen LogP contribution in [-0.4, -0.2) is 58.7 Å². The van der Waals surface area contributed by atoms with E-state index in [0.29, 0.717) is 17.2 Å². The second-order valence-corrected chi connectivity index (χ2v) is 7.85. The van der Waals surface area contributed by atoms with Gasteiger partial charge in [0.25, 0.3) is 0 Å². The molecule has 0 aliphatic carbocycles. The number of amides is 1. The van der Waals surface area contributed by atoms with E-state index in [0.717, 1.165) is 31.0 Å². The van der Waals surface area contributed by atoms with Gasteiger partial charge in [-0.3, -0.25) is 9.48 Å². The van der Waals surface area contributed by atoms with Gasteiger partial charge in [-0.25, -0.2) is 0 Å². The number of hydrogen-bond donors (Lipinski definition) is 0. The first-order valence-electron chi connectivity index (χ1n) is 8.80. The topological polar surface area (TPSA) is 81.2 Å². The van der Waals surface area contributed by atoms with Gasteiger partial charge in [0.05, 0.1) is 5.25 Å².